The van der Waals surface area contributed by atoms with E-state index < -0.39 is 5.82 Å². The second-order valence-electron chi connectivity index (χ2n) is 4.35. The second kappa shape index (κ2) is 5.45. The normalized spacial score (nSPS) is 13.2. The van der Waals surface area contributed by atoms with E-state index in [-0.39, 0.29) is 10.4 Å². The van der Waals surface area contributed by atoms with Gasteiger partial charge in [0, 0.05) is 12.6 Å². The standard InChI is InChI=1S/C13H15Cl2FN2/c1-3-4-5-18-12-6-9(15)10(16)7-11(12)17-13(18)8(2)14/h6-8H,3-5H2,1-2H3. The number of unbranched alkanes of at least 4 members (excludes halogenated alkanes) is 1. The molecule has 0 aliphatic rings. The van der Waals surface area contributed by atoms with Crippen LogP contribution in [0.25, 0.3) is 11.0 Å². The Morgan fingerprint density at radius 1 is 1.44 bits per heavy atom. The monoisotopic (exact) mass is 288 g/mol. The van der Waals surface area contributed by atoms with Crippen LogP contribution in [-0.4, -0.2) is 9.55 Å². The molecule has 2 aromatic rings. The Balaban J connectivity index is 2.61. The molecule has 0 aliphatic heterocycles. The van der Waals surface area contributed by atoms with Gasteiger partial charge in [-0.15, -0.1) is 11.6 Å². The molecule has 2 rings (SSSR count). The molecule has 18 heavy (non-hydrogen) atoms. The van der Waals surface area contributed by atoms with Gasteiger partial charge in [0.1, 0.15) is 11.6 Å². The van der Waals surface area contributed by atoms with Gasteiger partial charge in [0.05, 0.1) is 21.4 Å². The predicted molar refractivity (Wildman–Crippen MR) is 73.9 cm³/mol. The van der Waals surface area contributed by atoms with E-state index in [0.717, 1.165) is 30.7 Å². The zero-order valence-corrected chi connectivity index (χ0v) is 11.9. The molecule has 1 unspecified atom stereocenters. The third-order valence-corrected chi connectivity index (χ3v) is 3.40. The number of benzene rings is 1. The SMILES string of the molecule is CCCCn1c(C(C)Cl)nc2cc(F)c(Cl)cc21. The van der Waals surface area contributed by atoms with Crippen LogP contribution in [0.4, 0.5) is 4.39 Å². The molecule has 1 aromatic carbocycles. The number of rotatable bonds is 4. The van der Waals surface area contributed by atoms with Gasteiger partial charge in [-0.05, 0) is 19.4 Å². The summed E-state index contributed by atoms with van der Waals surface area (Å²) in [5.41, 5.74) is 1.45. The number of hydrogen-bond acceptors (Lipinski definition) is 1. The molecule has 98 valence electrons. The Labute approximate surface area is 116 Å². The molecule has 0 fully saturated rings. The molecule has 1 atom stereocenters. The first kappa shape index (κ1) is 13.6. The lowest BCUT2D eigenvalue weighted by atomic mass is 10.3. The molecule has 0 aliphatic carbocycles. The van der Waals surface area contributed by atoms with Gasteiger partial charge in [0.25, 0.3) is 0 Å². The van der Waals surface area contributed by atoms with Crippen LogP contribution in [0.1, 0.15) is 37.9 Å². The number of aryl methyl sites for hydroxylation is 1. The fraction of sp³-hybridized carbons (Fsp3) is 0.462. The van der Waals surface area contributed by atoms with Crippen LogP contribution in [0.5, 0.6) is 0 Å². The number of fused-ring (bicyclic) bond motifs is 1. The zero-order valence-electron chi connectivity index (χ0n) is 10.4. The Morgan fingerprint density at radius 2 is 2.17 bits per heavy atom. The minimum Gasteiger partial charge on any atom is -0.327 e. The summed E-state index contributed by atoms with van der Waals surface area (Å²) in [6.07, 6.45) is 2.10. The maximum absolute atomic E-state index is 13.4. The van der Waals surface area contributed by atoms with Gasteiger partial charge < -0.3 is 4.57 Å². The molecule has 0 radical (unpaired) electrons. The Bertz CT molecular complexity index is 564. The van der Waals surface area contributed by atoms with Crippen LogP contribution in [0, 0.1) is 5.82 Å². The van der Waals surface area contributed by atoms with Crippen LogP contribution in [-0.2, 0) is 6.54 Å². The quantitative estimate of drug-likeness (QED) is 0.730. The molecule has 0 saturated heterocycles. The summed E-state index contributed by atoms with van der Waals surface area (Å²) in [7, 11) is 0. The van der Waals surface area contributed by atoms with E-state index in [2.05, 4.69) is 11.9 Å². The minimum atomic E-state index is -0.446. The molecule has 0 bridgehead atoms. The number of alkyl halides is 1. The first-order valence-corrected chi connectivity index (χ1v) is 6.85. The lowest BCUT2D eigenvalue weighted by Gasteiger charge is -2.09. The molecule has 5 heteroatoms. The van der Waals surface area contributed by atoms with Crippen molar-refractivity contribution in [3.05, 3.63) is 28.8 Å². The summed E-state index contributed by atoms with van der Waals surface area (Å²) >= 11 is 12.0. The average Bonchev–Trinajstić information content (AvgIpc) is 2.65. The molecule has 2 nitrogen and oxygen atoms in total. The number of nitrogens with zero attached hydrogens (tertiary/aromatic N) is 2. The summed E-state index contributed by atoms with van der Waals surface area (Å²) < 4.78 is 15.5. The van der Waals surface area contributed by atoms with Crippen molar-refractivity contribution in [1.82, 2.24) is 9.55 Å². The Kier molecular flexibility index (Phi) is 4.13. The summed E-state index contributed by atoms with van der Waals surface area (Å²) in [6.45, 7) is 4.81. The van der Waals surface area contributed by atoms with Crippen molar-refractivity contribution in [1.29, 1.82) is 0 Å². The third-order valence-electron chi connectivity index (χ3n) is 2.91. The van der Waals surface area contributed by atoms with Gasteiger partial charge in [-0.3, -0.25) is 0 Å². The van der Waals surface area contributed by atoms with E-state index >= 15 is 0 Å². The smallest absolute Gasteiger partial charge is 0.144 e. The van der Waals surface area contributed by atoms with Crippen molar-refractivity contribution in [2.75, 3.05) is 0 Å². The van der Waals surface area contributed by atoms with Crippen molar-refractivity contribution < 1.29 is 4.39 Å². The van der Waals surface area contributed by atoms with E-state index in [9.17, 15) is 4.39 Å². The first-order valence-electron chi connectivity index (χ1n) is 6.03. The lowest BCUT2D eigenvalue weighted by molar-refractivity contribution is 0.615. The molecule has 0 saturated carbocycles. The Morgan fingerprint density at radius 3 is 2.78 bits per heavy atom. The van der Waals surface area contributed by atoms with Crippen molar-refractivity contribution >= 4 is 34.2 Å². The van der Waals surface area contributed by atoms with Crippen molar-refractivity contribution in [2.45, 2.75) is 38.6 Å². The number of halogens is 3. The van der Waals surface area contributed by atoms with Crippen LogP contribution < -0.4 is 0 Å². The molecule has 0 amide bonds. The topological polar surface area (TPSA) is 17.8 Å². The maximum atomic E-state index is 13.4. The third kappa shape index (κ3) is 2.47. The van der Waals surface area contributed by atoms with Gasteiger partial charge in [-0.25, -0.2) is 9.37 Å². The van der Waals surface area contributed by atoms with E-state index in [0.29, 0.717) is 5.52 Å². The van der Waals surface area contributed by atoms with Gasteiger partial charge in [-0.1, -0.05) is 24.9 Å². The summed E-state index contributed by atoms with van der Waals surface area (Å²) in [6, 6.07) is 2.99. The molecular weight excluding hydrogens is 274 g/mol. The van der Waals surface area contributed by atoms with Crippen molar-refractivity contribution in [2.24, 2.45) is 0 Å². The van der Waals surface area contributed by atoms with Gasteiger partial charge >= 0.3 is 0 Å². The van der Waals surface area contributed by atoms with Crippen LogP contribution in [0.15, 0.2) is 12.1 Å². The van der Waals surface area contributed by atoms with Crippen molar-refractivity contribution in [3.63, 3.8) is 0 Å². The highest BCUT2D eigenvalue weighted by atomic mass is 35.5. The van der Waals surface area contributed by atoms with Gasteiger partial charge in [-0.2, -0.15) is 0 Å². The Hall–Kier alpha value is -0.800. The minimum absolute atomic E-state index is 0.119. The highest BCUT2D eigenvalue weighted by Gasteiger charge is 2.16. The van der Waals surface area contributed by atoms with Gasteiger partial charge in [0.15, 0.2) is 0 Å². The number of imidazole rings is 1. The molecule has 0 spiro atoms. The zero-order chi connectivity index (χ0) is 13.3. The molecule has 1 aromatic heterocycles. The highest BCUT2D eigenvalue weighted by Crippen LogP contribution is 2.28. The van der Waals surface area contributed by atoms with Gasteiger partial charge in [0.2, 0.25) is 0 Å². The van der Waals surface area contributed by atoms with Crippen molar-refractivity contribution in [3.8, 4) is 0 Å². The van der Waals surface area contributed by atoms with Crippen LogP contribution >= 0.6 is 23.2 Å². The average molecular weight is 289 g/mol. The fourth-order valence-electron chi connectivity index (χ4n) is 1.99. The number of hydrogen-bond donors (Lipinski definition) is 0. The first-order chi connectivity index (χ1) is 8.54. The fourth-order valence-corrected chi connectivity index (χ4v) is 2.32. The molecule has 1 heterocycles. The number of aromatic nitrogens is 2. The van der Waals surface area contributed by atoms with E-state index in [1.54, 1.807) is 6.07 Å². The largest absolute Gasteiger partial charge is 0.327 e. The second-order valence-corrected chi connectivity index (χ2v) is 5.41. The summed E-state index contributed by atoms with van der Waals surface area (Å²) in [4.78, 5) is 4.40. The maximum Gasteiger partial charge on any atom is 0.144 e. The van der Waals surface area contributed by atoms with Crippen LogP contribution in [0.3, 0.4) is 0 Å². The lowest BCUT2D eigenvalue weighted by Crippen LogP contribution is -2.04. The molecule has 0 N–H and O–H groups in total. The predicted octanol–water partition coefficient (Wildman–Crippen LogP) is 4.93. The van der Waals surface area contributed by atoms with E-state index in [1.807, 2.05) is 11.5 Å². The summed E-state index contributed by atoms with van der Waals surface area (Å²) in [5.74, 6) is 0.319. The highest BCUT2D eigenvalue weighted by molar-refractivity contribution is 6.31. The van der Waals surface area contributed by atoms with Crippen LogP contribution in [0.2, 0.25) is 5.02 Å². The van der Waals surface area contributed by atoms with E-state index in [1.165, 1.54) is 6.07 Å². The van der Waals surface area contributed by atoms with E-state index in [4.69, 9.17) is 23.2 Å². The summed E-state index contributed by atoms with van der Waals surface area (Å²) in [5, 5.41) is -0.0926. The molecular formula is C13H15Cl2FN2.